The third-order valence-electron chi connectivity index (χ3n) is 4.96. The monoisotopic (exact) mass is 423 g/mol. The van der Waals surface area contributed by atoms with Crippen molar-refractivity contribution in [2.45, 2.75) is 33.6 Å². The highest BCUT2D eigenvalue weighted by Crippen LogP contribution is 2.34. The Morgan fingerprint density at radius 3 is 2.64 bits per heavy atom. The van der Waals surface area contributed by atoms with Crippen molar-refractivity contribution in [2.75, 3.05) is 26.2 Å². The van der Waals surface area contributed by atoms with Crippen molar-refractivity contribution in [2.24, 2.45) is 10.3 Å². The maximum absolute atomic E-state index is 12.7. The van der Waals surface area contributed by atoms with Gasteiger partial charge in [0.2, 0.25) is 5.91 Å². The molecule has 0 atom stereocenters. The second-order valence-electron chi connectivity index (χ2n) is 7.67. The van der Waals surface area contributed by atoms with Gasteiger partial charge in [0.1, 0.15) is 10.7 Å². The van der Waals surface area contributed by atoms with E-state index in [1.54, 1.807) is 31.2 Å². The van der Waals surface area contributed by atoms with E-state index in [1.165, 1.54) is 0 Å². The number of amides is 1. The Morgan fingerprint density at radius 1 is 1.21 bits per heavy atom. The van der Waals surface area contributed by atoms with Crippen LogP contribution in [0.3, 0.4) is 0 Å². The highest BCUT2D eigenvalue weighted by molar-refractivity contribution is 8.00. The van der Waals surface area contributed by atoms with Gasteiger partial charge in [-0.25, -0.2) is 0 Å². The van der Waals surface area contributed by atoms with Crippen molar-refractivity contribution >= 4 is 38.3 Å². The first-order chi connectivity index (χ1) is 13.2. The van der Waals surface area contributed by atoms with Gasteiger partial charge in [0.25, 0.3) is 10.0 Å². The van der Waals surface area contributed by atoms with Crippen LogP contribution in [0.25, 0.3) is 4.91 Å². The van der Waals surface area contributed by atoms with Gasteiger partial charge in [-0.2, -0.15) is 8.42 Å². The largest absolute Gasteiger partial charge is 0.354 e. The average Bonchev–Trinajstić information content (AvgIpc) is 2.77. The summed E-state index contributed by atoms with van der Waals surface area (Å²) in [7, 11) is -3.78. The Bertz CT molecular complexity index is 938. The lowest BCUT2D eigenvalue weighted by Gasteiger charge is -2.24. The highest BCUT2D eigenvalue weighted by atomic mass is 35.5. The zero-order chi connectivity index (χ0) is 20.5. The standard InChI is InChI=1S/C20H26ClN3O3S/c1-14(2)12-18(25)23-8-5-9-24(11-10-23)20-15(3)19(28(26,27)22-20)16-6-4-7-17(21)13-16/h4,6-7,13-14H,5,8-12H2,1-3H3. The van der Waals surface area contributed by atoms with Crippen molar-refractivity contribution in [3.8, 4) is 0 Å². The molecule has 3 rings (SSSR count). The molecule has 0 radical (unpaired) electrons. The smallest absolute Gasteiger partial charge is 0.285 e. The van der Waals surface area contributed by atoms with Gasteiger partial charge in [-0.3, -0.25) is 4.79 Å². The lowest BCUT2D eigenvalue weighted by molar-refractivity contribution is -0.131. The van der Waals surface area contributed by atoms with E-state index in [-0.39, 0.29) is 10.8 Å². The molecule has 6 nitrogen and oxygen atoms in total. The molecule has 28 heavy (non-hydrogen) atoms. The minimum atomic E-state index is -3.78. The van der Waals surface area contributed by atoms with Crippen LogP contribution in [0.5, 0.6) is 0 Å². The molecule has 2 aliphatic rings. The normalized spacial score (nSPS) is 19.8. The van der Waals surface area contributed by atoms with Crippen molar-refractivity contribution in [3.05, 3.63) is 40.4 Å². The molecule has 0 saturated carbocycles. The van der Waals surface area contributed by atoms with E-state index in [1.807, 2.05) is 23.6 Å². The first-order valence-corrected chi connectivity index (χ1v) is 11.4. The molecule has 0 unspecified atom stereocenters. The summed E-state index contributed by atoms with van der Waals surface area (Å²) >= 11 is 6.05. The van der Waals surface area contributed by atoms with Gasteiger partial charge in [0.05, 0.1) is 0 Å². The summed E-state index contributed by atoms with van der Waals surface area (Å²) in [6, 6.07) is 6.82. The number of benzene rings is 1. The summed E-state index contributed by atoms with van der Waals surface area (Å²) in [5, 5.41) is 0.482. The zero-order valence-corrected chi connectivity index (χ0v) is 18.1. The van der Waals surface area contributed by atoms with Crippen molar-refractivity contribution in [1.29, 1.82) is 0 Å². The average molecular weight is 424 g/mol. The summed E-state index contributed by atoms with van der Waals surface area (Å²) in [5.74, 6) is 0.958. The van der Waals surface area contributed by atoms with Crippen molar-refractivity contribution in [1.82, 2.24) is 9.80 Å². The number of rotatable bonds is 3. The van der Waals surface area contributed by atoms with Gasteiger partial charge in [-0.15, -0.1) is 4.40 Å². The van der Waals surface area contributed by atoms with Crippen molar-refractivity contribution < 1.29 is 13.2 Å². The van der Waals surface area contributed by atoms with Crippen LogP contribution < -0.4 is 0 Å². The van der Waals surface area contributed by atoms with Gasteiger partial charge in [0.15, 0.2) is 0 Å². The lowest BCUT2D eigenvalue weighted by atomic mass is 10.1. The molecule has 152 valence electrons. The highest BCUT2D eigenvalue weighted by Gasteiger charge is 2.34. The fourth-order valence-electron chi connectivity index (χ4n) is 3.67. The van der Waals surface area contributed by atoms with E-state index in [0.29, 0.717) is 60.5 Å². The van der Waals surface area contributed by atoms with Crippen LogP contribution in [0.2, 0.25) is 5.02 Å². The second kappa shape index (κ2) is 8.25. The first kappa shape index (κ1) is 20.9. The molecule has 0 bridgehead atoms. The maximum atomic E-state index is 12.7. The Hall–Kier alpha value is -1.86. The number of nitrogens with zero attached hydrogens (tertiary/aromatic N) is 3. The third kappa shape index (κ3) is 4.41. The van der Waals surface area contributed by atoms with Gasteiger partial charge in [0, 0.05) is 43.2 Å². The molecule has 1 fully saturated rings. The first-order valence-electron chi connectivity index (χ1n) is 9.54. The molecule has 0 N–H and O–H groups in total. The Labute approximate surface area is 171 Å². The van der Waals surface area contributed by atoms with E-state index in [4.69, 9.17) is 11.6 Å². The number of halogens is 1. The van der Waals surface area contributed by atoms with Crippen LogP contribution in [-0.4, -0.2) is 56.1 Å². The van der Waals surface area contributed by atoms with Crippen LogP contribution in [0.15, 0.2) is 34.2 Å². The Kier molecular flexibility index (Phi) is 6.15. The molecule has 1 saturated heterocycles. The van der Waals surface area contributed by atoms with Gasteiger partial charge < -0.3 is 9.80 Å². The van der Waals surface area contributed by atoms with Gasteiger partial charge in [-0.1, -0.05) is 37.6 Å². The summed E-state index contributed by atoms with van der Waals surface area (Å²) in [6.07, 6.45) is 1.32. The van der Waals surface area contributed by atoms with Crippen LogP contribution in [0.4, 0.5) is 0 Å². The van der Waals surface area contributed by atoms with E-state index in [2.05, 4.69) is 4.40 Å². The van der Waals surface area contributed by atoms with Crippen LogP contribution in [0.1, 0.15) is 39.2 Å². The summed E-state index contributed by atoms with van der Waals surface area (Å²) < 4.78 is 29.5. The number of hydrogen-bond donors (Lipinski definition) is 0. The molecular formula is C20H26ClN3O3S. The summed E-state index contributed by atoms with van der Waals surface area (Å²) in [5.41, 5.74) is 1.18. The molecule has 1 amide bonds. The van der Waals surface area contributed by atoms with E-state index in [0.717, 1.165) is 6.42 Å². The molecule has 1 aromatic carbocycles. The predicted molar refractivity (Wildman–Crippen MR) is 113 cm³/mol. The fourth-order valence-corrected chi connectivity index (χ4v) is 5.33. The second-order valence-corrected chi connectivity index (χ2v) is 9.65. The minimum Gasteiger partial charge on any atom is -0.354 e. The molecular weight excluding hydrogens is 398 g/mol. The van der Waals surface area contributed by atoms with Gasteiger partial charge >= 0.3 is 0 Å². The Balaban J connectivity index is 1.83. The molecule has 0 aliphatic carbocycles. The van der Waals surface area contributed by atoms with E-state index in [9.17, 15) is 13.2 Å². The summed E-state index contributed by atoms with van der Waals surface area (Å²) in [4.78, 5) is 16.5. The Morgan fingerprint density at radius 2 is 1.96 bits per heavy atom. The van der Waals surface area contributed by atoms with Crippen molar-refractivity contribution in [3.63, 3.8) is 0 Å². The molecule has 0 aromatic heterocycles. The number of carbonyl (C=O) groups is 1. The molecule has 2 aliphatic heterocycles. The summed E-state index contributed by atoms with van der Waals surface area (Å²) in [6.45, 7) is 8.35. The maximum Gasteiger partial charge on any atom is 0.285 e. The van der Waals surface area contributed by atoms with Gasteiger partial charge in [-0.05, 0) is 37.0 Å². The third-order valence-corrected chi connectivity index (χ3v) is 6.66. The van der Waals surface area contributed by atoms with Crippen LogP contribution >= 0.6 is 11.6 Å². The van der Waals surface area contributed by atoms with Crippen LogP contribution in [0, 0.1) is 5.92 Å². The van der Waals surface area contributed by atoms with Crippen LogP contribution in [-0.2, 0) is 14.8 Å². The topological polar surface area (TPSA) is 70.1 Å². The number of amidine groups is 1. The SMILES string of the molecule is CC1=C(c2cccc(Cl)c2)S(=O)(=O)N=C1N1CCCN(C(=O)CC(C)C)CC1. The lowest BCUT2D eigenvalue weighted by Crippen LogP contribution is -2.37. The number of hydrogen-bond acceptors (Lipinski definition) is 4. The minimum absolute atomic E-state index is 0.157. The molecule has 1 aromatic rings. The predicted octanol–water partition coefficient (Wildman–Crippen LogP) is 3.39. The zero-order valence-electron chi connectivity index (χ0n) is 16.5. The number of sulfonamides is 1. The molecule has 8 heteroatoms. The number of carbonyl (C=O) groups excluding carboxylic acids is 1. The fraction of sp³-hybridized carbons (Fsp3) is 0.500. The van der Waals surface area contributed by atoms with E-state index < -0.39 is 10.0 Å². The van der Waals surface area contributed by atoms with E-state index >= 15 is 0 Å². The molecule has 2 heterocycles. The molecule has 0 spiro atoms. The quantitative estimate of drug-likeness (QED) is 0.747.